The van der Waals surface area contributed by atoms with Gasteiger partial charge < -0.3 is 25.4 Å². The van der Waals surface area contributed by atoms with Crippen LogP contribution in [-0.4, -0.2) is 26.8 Å². The summed E-state index contributed by atoms with van der Waals surface area (Å²) in [5, 5.41) is 25.4. The maximum absolute atomic E-state index is 13.4. The van der Waals surface area contributed by atoms with Crippen LogP contribution in [-0.2, 0) is 24.2 Å². The van der Waals surface area contributed by atoms with Crippen molar-refractivity contribution >= 4 is 29.3 Å². The van der Waals surface area contributed by atoms with Gasteiger partial charge in [-0.05, 0) is 42.5 Å². The molecule has 4 rings (SSSR count). The number of urea groups is 1. The second kappa shape index (κ2) is 11.0. The van der Waals surface area contributed by atoms with E-state index in [1.54, 1.807) is 24.3 Å². The van der Waals surface area contributed by atoms with Crippen molar-refractivity contribution in [3.8, 4) is 5.75 Å². The molecule has 1 aliphatic carbocycles. The molecule has 0 spiro atoms. The Morgan fingerprint density at radius 3 is 2.51 bits per heavy atom. The van der Waals surface area contributed by atoms with E-state index in [1.165, 1.54) is 22.8 Å². The number of hydrogen-bond acceptors (Lipinski definition) is 4. The highest BCUT2D eigenvalue weighted by molar-refractivity contribution is 6.31. The quantitative estimate of drug-likeness (QED) is 0.325. The standard InChI is InChI=1S/C26H24ClF2N3O5/c27-18-9-2-1-5-16(18)13-32-20-10-4-8-17(20)23(35)22(25(32)36)31-26(37)30-19(12-21(33)34)14-6-3-7-15(11-14)24(28)29/h1-3,5-7,9,11,19,24,35H,4,8,10,12-13H2,(H,33,34)(H2,30,31,37)/t19-/m0/s1. The molecule has 1 heterocycles. The lowest BCUT2D eigenvalue weighted by atomic mass is 10.0. The molecule has 1 atom stereocenters. The number of carbonyl (C=O) groups is 2. The summed E-state index contributed by atoms with van der Waals surface area (Å²) in [5.41, 5.74) is 0.693. The molecule has 0 saturated carbocycles. The number of nitrogens with one attached hydrogen (secondary N) is 2. The molecule has 37 heavy (non-hydrogen) atoms. The average molecular weight is 532 g/mol. The number of aliphatic carboxylic acids is 1. The van der Waals surface area contributed by atoms with E-state index in [-0.39, 0.29) is 29.1 Å². The van der Waals surface area contributed by atoms with E-state index >= 15 is 0 Å². The summed E-state index contributed by atoms with van der Waals surface area (Å²) in [7, 11) is 0. The number of halogens is 3. The zero-order valence-electron chi connectivity index (χ0n) is 19.5. The fourth-order valence-corrected chi connectivity index (χ4v) is 4.71. The Morgan fingerprint density at radius 1 is 1.08 bits per heavy atom. The number of carboxylic acid groups (broad SMARTS) is 1. The zero-order chi connectivity index (χ0) is 26.7. The van der Waals surface area contributed by atoms with Crippen molar-refractivity contribution in [3.63, 3.8) is 0 Å². The molecule has 194 valence electrons. The largest absolute Gasteiger partial charge is 0.505 e. The van der Waals surface area contributed by atoms with E-state index in [1.807, 2.05) is 0 Å². The first-order valence-corrected chi connectivity index (χ1v) is 11.9. The second-order valence-electron chi connectivity index (χ2n) is 8.70. The Bertz CT molecular complexity index is 1410. The van der Waals surface area contributed by atoms with Crippen LogP contribution in [0.1, 0.15) is 53.3 Å². The number of benzene rings is 2. The lowest BCUT2D eigenvalue weighted by Gasteiger charge is -2.20. The zero-order valence-corrected chi connectivity index (χ0v) is 20.3. The van der Waals surface area contributed by atoms with E-state index in [0.29, 0.717) is 41.1 Å². The first-order valence-electron chi connectivity index (χ1n) is 11.5. The number of aromatic hydroxyl groups is 1. The van der Waals surface area contributed by atoms with Crippen LogP contribution in [0.15, 0.2) is 53.3 Å². The Morgan fingerprint density at radius 2 is 1.81 bits per heavy atom. The summed E-state index contributed by atoms with van der Waals surface area (Å²) in [6, 6.07) is 9.93. The predicted molar refractivity (Wildman–Crippen MR) is 133 cm³/mol. The summed E-state index contributed by atoms with van der Waals surface area (Å²) < 4.78 is 27.8. The fraction of sp³-hybridized carbons (Fsp3) is 0.269. The Hall–Kier alpha value is -3.92. The van der Waals surface area contributed by atoms with Crippen LogP contribution in [0, 0.1) is 0 Å². The number of amides is 2. The summed E-state index contributed by atoms with van der Waals surface area (Å²) in [5.74, 6) is -1.62. The number of alkyl halides is 2. The molecule has 11 heteroatoms. The third-order valence-electron chi connectivity index (χ3n) is 6.27. The van der Waals surface area contributed by atoms with Crippen LogP contribution in [0.5, 0.6) is 5.75 Å². The topological polar surface area (TPSA) is 121 Å². The fourth-order valence-electron chi connectivity index (χ4n) is 4.51. The van der Waals surface area contributed by atoms with E-state index in [0.717, 1.165) is 6.07 Å². The van der Waals surface area contributed by atoms with Crippen LogP contribution in [0.25, 0.3) is 0 Å². The minimum absolute atomic E-state index is 0.124. The molecule has 4 N–H and O–H groups in total. The summed E-state index contributed by atoms with van der Waals surface area (Å²) in [6.07, 6.45) is -1.59. The van der Waals surface area contributed by atoms with Crippen molar-refractivity contribution in [2.24, 2.45) is 0 Å². The number of aromatic nitrogens is 1. The van der Waals surface area contributed by atoms with Gasteiger partial charge in [-0.3, -0.25) is 9.59 Å². The minimum Gasteiger partial charge on any atom is -0.505 e. The first kappa shape index (κ1) is 26.2. The molecule has 1 aromatic heterocycles. The van der Waals surface area contributed by atoms with Gasteiger partial charge in [0.1, 0.15) is 5.75 Å². The number of rotatable bonds is 8. The van der Waals surface area contributed by atoms with Gasteiger partial charge in [0, 0.05) is 21.8 Å². The monoisotopic (exact) mass is 531 g/mol. The van der Waals surface area contributed by atoms with Gasteiger partial charge in [0.25, 0.3) is 12.0 Å². The number of carboxylic acids is 1. The highest BCUT2D eigenvalue weighted by Gasteiger charge is 2.27. The molecule has 0 saturated heterocycles. The third-order valence-corrected chi connectivity index (χ3v) is 6.64. The molecule has 8 nitrogen and oxygen atoms in total. The van der Waals surface area contributed by atoms with Crippen LogP contribution >= 0.6 is 11.6 Å². The summed E-state index contributed by atoms with van der Waals surface area (Å²) in [4.78, 5) is 37.7. The highest BCUT2D eigenvalue weighted by Crippen LogP contribution is 2.34. The molecule has 2 aromatic carbocycles. The molecule has 3 aromatic rings. The summed E-state index contributed by atoms with van der Waals surface area (Å²) >= 11 is 6.28. The lowest BCUT2D eigenvalue weighted by molar-refractivity contribution is -0.137. The Labute approximate surface area is 215 Å². The molecule has 0 radical (unpaired) electrons. The van der Waals surface area contributed by atoms with Crippen molar-refractivity contribution < 1.29 is 28.6 Å². The van der Waals surface area contributed by atoms with Gasteiger partial charge in [0.2, 0.25) is 0 Å². The number of fused-ring (bicyclic) bond motifs is 1. The van der Waals surface area contributed by atoms with Crippen LogP contribution in [0.4, 0.5) is 19.3 Å². The maximum atomic E-state index is 13.4. The van der Waals surface area contributed by atoms with Gasteiger partial charge in [-0.1, -0.05) is 48.0 Å². The van der Waals surface area contributed by atoms with Gasteiger partial charge in [0.05, 0.1) is 19.0 Å². The molecule has 0 aliphatic heterocycles. The number of hydrogen-bond donors (Lipinski definition) is 4. The van der Waals surface area contributed by atoms with Crippen LogP contribution in [0.3, 0.4) is 0 Å². The average Bonchev–Trinajstić information content (AvgIpc) is 3.35. The maximum Gasteiger partial charge on any atom is 0.319 e. The molecule has 0 unspecified atom stereocenters. The SMILES string of the molecule is O=C(O)C[C@H](NC(=O)Nc1c(O)c2c(n(Cc3ccccc3Cl)c1=O)CCC2)c1cccc(C(F)F)c1. The number of carbonyl (C=O) groups excluding carboxylic acids is 1. The van der Waals surface area contributed by atoms with E-state index in [4.69, 9.17) is 11.6 Å². The molecule has 0 bridgehead atoms. The molecular weight excluding hydrogens is 508 g/mol. The van der Waals surface area contributed by atoms with Gasteiger partial charge in [-0.25, -0.2) is 13.6 Å². The van der Waals surface area contributed by atoms with Gasteiger partial charge in [0.15, 0.2) is 5.69 Å². The number of anilines is 1. The van der Waals surface area contributed by atoms with Gasteiger partial charge in [-0.15, -0.1) is 0 Å². The van der Waals surface area contributed by atoms with Crippen molar-refractivity contribution in [1.29, 1.82) is 0 Å². The van der Waals surface area contributed by atoms with Crippen molar-refractivity contribution in [2.45, 2.75) is 44.7 Å². The van der Waals surface area contributed by atoms with Crippen molar-refractivity contribution in [2.75, 3.05) is 5.32 Å². The Balaban J connectivity index is 1.65. The lowest BCUT2D eigenvalue weighted by Crippen LogP contribution is -2.37. The van der Waals surface area contributed by atoms with E-state index in [2.05, 4.69) is 10.6 Å². The normalized spacial score (nSPS) is 13.3. The van der Waals surface area contributed by atoms with Crippen molar-refractivity contribution in [3.05, 3.63) is 91.9 Å². The minimum atomic E-state index is -2.78. The first-order chi connectivity index (χ1) is 17.7. The summed E-state index contributed by atoms with van der Waals surface area (Å²) in [6.45, 7) is 0.124. The second-order valence-corrected chi connectivity index (χ2v) is 9.11. The van der Waals surface area contributed by atoms with E-state index < -0.39 is 36.4 Å². The van der Waals surface area contributed by atoms with Crippen LogP contribution in [0.2, 0.25) is 5.02 Å². The third kappa shape index (κ3) is 5.75. The molecule has 0 fully saturated rings. The van der Waals surface area contributed by atoms with Gasteiger partial charge in [-0.2, -0.15) is 0 Å². The van der Waals surface area contributed by atoms with E-state index in [9.17, 15) is 33.4 Å². The van der Waals surface area contributed by atoms with Crippen LogP contribution < -0.4 is 16.2 Å². The smallest absolute Gasteiger partial charge is 0.319 e. The Kier molecular flexibility index (Phi) is 7.77. The van der Waals surface area contributed by atoms with Crippen molar-refractivity contribution in [1.82, 2.24) is 9.88 Å². The molecule has 2 amide bonds. The highest BCUT2D eigenvalue weighted by atomic mass is 35.5. The molecule has 1 aliphatic rings. The number of nitrogens with zero attached hydrogens (tertiary/aromatic N) is 1. The molecular formula is C26H24ClF2N3O5. The number of pyridine rings is 1. The predicted octanol–water partition coefficient (Wildman–Crippen LogP) is 5.02. The van der Waals surface area contributed by atoms with Gasteiger partial charge >= 0.3 is 12.0 Å².